The molecule has 0 heterocycles. The minimum Gasteiger partial charge on any atom is -0.507 e. The SMILES string of the molecule is O=C(NCc1ccc(CO)cc1)c1ccc(Br)cc1O. The molecule has 104 valence electrons. The highest BCUT2D eigenvalue weighted by atomic mass is 79.9. The van der Waals surface area contributed by atoms with E-state index in [-0.39, 0.29) is 23.8 Å². The van der Waals surface area contributed by atoms with E-state index in [1.165, 1.54) is 6.07 Å². The normalized spacial score (nSPS) is 10.3. The zero-order chi connectivity index (χ0) is 14.5. The lowest BCUT2D eigenvalue weighted by molar-refractivity contribution is 0.0948. The van der Waals surface area contributed by atoms with E-state index < -0.39 is 0 Å². The van der Waals surface area contributed by atoms with Gasteiger partial charge in [0, 0.05) is 11.0 Å². The summed E-state index contributed by atoms with van der Waals surface area (Å²) in [7, 11) is 0. The molecule has 20 heavy (non-hydrogen) atoms. The number of phenols is 1. The van der Waals surface area contributed by atoms with Crippen molar-refractivity contribution in [3.8, 4) is 5.75 Å². The number of carbonyl (C=O) groups is 1. The summed E-state index contributed by atoms with van der Waals surface area (Å²) in [6.07, 6.45) is 0. The smallest absolute Gasteiger partial charge is 0.255 e. The van der Waals surface area contributed by atoms with Gasteiger partial charge < -0.3 is 15.5 Å². The molecule has 0 bridgehead atoms. The van der Waals surface area contributed by atoms with E-state index in [0.29, 0.717) is 11.0 Å². The number of amides is 1. The van der Waals surface area contributed by atoms with E-state index in [0.717, 1.165) is 11.1 Å². The van der Waals surface area contributed by atoms with Crippen molar-refractivity contribution in [2.75, 3.05) is 0 Å². The lowest BCUT2D eigenvalue weighted by atomic mass is 10.1. The zero-order valence-corrected chi connectivity index (χ0v) is 12.2. The Balaban J connectivity index is 2.00. The molecule has 3 N–H and O–H groups in total. The summed E-state index contributed by atoms with van der Waals surface area (Å²) < 4.78 is 0.714. The van der Waals surface area contributed by atoms with Crippen LogP contribution in [-0.4, -0.2) is 16.1 Å². The summed E-state index contributed by atoms with van der Waals surface area (Å²) in [5, 5.41) is 21.4. The minimum absolute atomic E-state index is 0.000591. The standard InChI is InChI=1S/C15H14BrNO3/c16-12-5-6-13(14(19)7-12)15(20)17-8-10-1-3-11(9-18)4-2-10/h1-7,18-19H,8-9H2,(H,17,20). The second-order valence-corrected chi connectivity index (χ2v) is 5.23. The van der Waals surface area contributed by atoms with Crippen LogP contribution in [0.5, 0.6) is 5.75 Å². The lowest BCUT2D eigenvalue weighted by Crippen LogP contribution is -2.22. The van der Waals surface area contributed by atoms with E-state index in [2.05, 4.69) is 21.2 Å². The van der Waals surface area contributed by atoms with Crippen LogP contribution in [0.15, 0.2) is 46.9 Å². The summed E-state index contributed by atoms with van der Waals surface area (Å²) in [6.45, 7) is 0.361. The number of hydrogen-bond acceptors (Lipinski definition) is 3. The number of carbonyl (C=O) groups excluding carboxylic acids is 1. The number of aliphatic hydroxyl groups excluding tert-OH is 1. The predicted molar refractivity (Wildman–Crippen MR) is 79.3 cm³/mol. The van der Waals surface area contributed by atoms with Crippen molar-refractivity contribution in [3.63, 3.8) is 0 Å². The molecular formula is C15H14BrNO3. The average Bonchev–Trinajstić information content (AvgIpc) is 2.45. The van der Waals surface area contributed by atoms with Gasteiger partial charge in [-0.1, -0.05) is 40.2 Å². The lowest BCUT2D eigenvalue weighted by Gasteiger charge is -2.07. The van der Waals surface area contributed by atoms with Crippen molar-refractivity contribution >= 4 is 21.8 Å². The Hall–Kier alpha value is -1.85. The van der Waals surface area contributed by atoms with Crippen LogP contribution in [0.25, 0.3) is 0 Å². The summed E-state index contributed by atoms with van der Waals surface area (Å²) in [5.74, 6) is -0.395. The molecule has 0 atom stereocenters. The van der Waals surface area contributed by atoms with Gasteiger partial charge in [0.25, 0.3) is 5.91 Å². The van der Waals surface area contributed by atoms with E-state index >= 15 is 0 Å². The number of benzene rings is 2. The van der Waals surface area contributed by atoms with Gasteiger partial charge in [0.2, 0.25) is 0 Å². The van der Waals surface area contributed by atoms with Crippen LogP contribution < -0.4 is 5.32 Å². The second kappa shape index (κ2) is 6.54. The molecule has 2 aromatic rings. The van der Waals surface area contributed by atoms with Gasteiger partial charge in [-0.3, -0.25) is 4.79 Å². The van der Waals surface area contributed by atoms with Gasteiger partial charge >= 0.3 is 0 Å². The predicted octanol–water partition coefficient (Wildman–Crippen LogP) is 2.58. The average molecular weight is 336 g/mol. The Morgan fingerprint density at radius 2 is 1.75 bits per heavy atom. The number of aliphatic hydroxyl groups is 1. The molecule has 0 unspecified atom stereocenters. The van der Waals surface area contributed by atoms with Gasteiger partial charge in [-0.15, -0.1) is 0 Å². The van der Waals surface area contributed by atoms with E-state index in [1.807, 2.05) is 12.1 Å². The molecule has 2 aromatic carbocycles. The number of hydrogen-bond donors (Lipinski definition) is 3. The van der Waals surface area contributed by atoms with Crippen LogP contribution in [0.4, 0.5) is 0 Å². The highest BCUT2D eigenvalue weighted by Crippen LogP contribution is 2.22. The molecule has 0 fully saturated rings. The first-order chi connectivity index (χ1) is 9.60. The molecule has 0 spiro atoms. The largest absolute Gasteiger partial charge is 0.507 e. The molecule has 0 radical (unpaired) electrons. The molecule has 0 aromatic heterocycles. The molecule has 2 rings (SSSR count). The van der Waals surface area contributed by atoms with Crippen LogP contribution in [0.3, 0.4) is 0 Å². The number of halogens is 1. The van der Waals surface area contributed by atoms with Crippen molar-refractivity contribution in [3.05, 3.63) is 63.6 Å². The minimum atomic E-state index is -0.332. The number of rotatable bonds is 4. The summed E-state index contributed by atoms with van der Waals surface area (Å²) in [6, 6.07) is 12.0. The fourth-order valence-electron chi connectivity index (χ4n) is 1.74. The van der Waals surface area contributed by atoms with Crippen molar-refractivity contribution in [1.29, 1.82) is 0 Å². The Morgan fingerprint density at radius 3 is 2.35 bits per heavy atom. The first-order valence-electron chi connectivity index (χ1n) is 6.05. The van der Waals surface area contributed by atoms with Crippen LogP contribution in [0.2, 0.25) is 0 Å². The molecule has 5 heteroatoms. The van der Waals surface area contributed by atoms with E-state index in [4.69, 9.17) is 5.11 Å². The van der Waals surface area contributed by atoms with Gasteiger partial charge in [0.05, 0.1) is 12.2 Å². The van der Waals surface area contributed by atoms with Crippen molar-refractivity contribution in [1.82, 2.24) is 5.32 Å². The van der Waals surface area contributed by atoms with Gasteiger partial charge in [-0.05, 0) is 29.3 Å². The molecule has 0 saturated carbocycles. The van der Waals surface area contributed by atoms with E-state index in [1.54, 1.807) is 24.3 Å². The summed E-state index contributed by atoms with van der Waals surface area (Å²) in [5.41, 5.74) is 1.98. The van der Waals surface area contributed by atoms with Crippen LogP contribution in [-0.2, 0) is 13.2 Å². The Labute approximate surface area is 125 Å². The second-order valence-electron chi connectivity index (χ2n) is 4.32. The topological polar surface area (TPSA) is 69.6 Å². The Kier molecular flexibility index (Phi) is 4.76. The van der Waals surface area contributed by atoms with Gasteiger partial charge in [0.15, 0.2) is 0 Å². The van der Waals surface area contributed by atoms with Crippen LogP contribution in [0, 0.1) is 0 Å². The third-order valence-corrected chi connectivity index (χ3v) is 3.36. The fourth-order valence-corrected chi connectivity index (χ4v) is 2.09. The van der Waals surface area contributed by atoms with Crippen molar-refractivity contribution in [2.45, 2.75) is 13.2 Å². The molecular weight excluding hydrogens is 322 g/mol. The number of nitrogens with one attached hydrogen (secondary N) is 1. The molecule has 0 aliphatic heterocycles. The molecule has 0 aliphatic rings. The highest BCUT2D eigenvalue weighted by Gasteiger charge is 2.10. The van der Waals surface area contributed by atoms with Gasteiger partial charge in [-0.25, -0.2) is 0 Å². The van der Waals surface area contributed by atoms with Gasteiger partial charge in [-0.2, -0.15) is 0 Å². The monoisotopic (exact) mass is 335 g/mol. The van der Waals surface area contributed by atoms with Crippen molar-refractivity contribution in [2.24, 2.45) is 0 Å². The van der Waals surface area contributed by atoms with Gasteiger partial charge in [0.1, 0.15) is 5.75 Å². The quantitative estimate of drug-likeness (QED) is 0.804. The third kappa shape index (κ3) is 3.59. The van der Waals surface area contributed by atoms with Crippen LogP contribution in [0.1, 0.15) is 21.5 Å². The number of aromatic hydroxyl groups is 1. The van der Waals surface area contributed by atoms with Crippen molar-refractivity contribution < 1.29 is 15.0 Å². The zero-order valence-electron chi connectivity index (χ0n) is 10.6. The maximum atomic E-state index is 11.9. The Bertz CT molecular complexity index is 611. The maximum absolute atomic E-state index is 11.9. The third-order valence-electron chi connectivity index (χ3n) is 2.86. The summed E-state index contributed by atoms with van der Waals surface area (Å²) >= 11 is 3.22. The van der Waals surface area contributed by atoms with Crippen LogP contribution >= 0.6 is 15.9 Å². The first-order valence-corrected chi connectivity index (χ1v) is 6.85. The Morgan fingerprint density at radius 1 is 1.10 bits per heavy atom. The fraction of sp³-hybridized carbons (Fsp3) is 0.133. The molecule has 0 saturated heterocycles. The van der Waals surface area contributed by atoms with E-state index in [9.17, 15) is 9.90 Å². The molecule has 0 aliphatic carbocycles. The summed E-state index contributed by atoms with van der Waals surface area (Å²) in [4.78, 5) is 11.9. The molecule has 4 nitrogen and oxygen atoms in total. The first kappa shape index (κ1) is 14.6. The maximum Gasteiger partial charge on any atom is 0.255 e. The molecule has 1 amide bonds. The number of phenolic OH excluding ortho intramolecular Hbond substituents is 1. The highest BCUT2D eigenvalue weighted by molar-refractivity contribution is 9.10.